The number of carbonyl (C=O) groups excluding carboxylic acids is 1. The molecule has 0 unspecified atom stereocenters. The van der Waals surface area contributed by atoms with E-state index < -0.39 is 0 Å². The van der Waals surface area contributed by atoms with Crippen molar-refractivity contribution in [1.82, 2.24) is 20.3 Å². The number of carbonyl (C=O) groups is 1. The first-order valence-electron chi connectivity index (χ1n) is 5.94. The van der Waals surface area contributed by atoms with Gasteiger partial charge >= 0.3 is 0 Å². The average Bonchev–Trinajstić information content (AvgIpc) is 2.70. The van der Waals surface area contributed by atoms with Crippen molar-refractivity contribution in [1.29, 1.82) is 0 Å². The van der Waals surface area contributed by atoms with E-state index in [1.807, 2.05) is 27.7 Å². The van der Waals surface area contributed by atoms with Gasteiger partial charge in [-0.1, -0.05) is 0 Å². The number of thiazole rings is 1. The highest BCUT2D eigenvalue weighted by Crippen LogP contribution is 2.25. The molecular formula is C13H16N4OS. The molecule has 0 aliphatic rings. The van der Waals surface area contributed by atoms with Crippen LogP contribution in [0.5, 0.6) is 0 Å². The Labute approximate surface area is 116 Å². The third-order valence-corrected chi connectivity index (χ3v) is 3.40. The molecule has 0 aliphatic carbocycles. The van der Waals surface area contributed by atoms with E-state index in [0.29, 0.717) is 21.4 Å². The predicted molar refractivity (Wildman–Crippen MR) is 75.1 cm³/mol. The lowest BCUT2D eigenvalue weighted by atomic mass is 10.1. The number of rotatable bonds is 2. The number of aromatic nitrogens is 3. The molecule has 1 amide bonds. The fourth-order valence-electron chi connectivity index (χ4n) is 1.51. The third kappa shape index (κ3) is 3.35. The van der Waals surface area contributed by atoms with Gasteiger partial charge in [-0.15, -0.1) is 11.3 Å². The quantitative estimate of drug-likeness (QED) is 0.914. The lowest BCUT2D eigenvalue weighted by Gasteiger charge is -2.19. The van der Waals surface area contributed by atoms with Crippen molar-refractivity contribution in [3.63, 3.8) is 0 Å². The Balaban J connectivity index is 2.30. The molecule has 0 fully saturated rings. The highest BCUT2D eigenvalue weighted by atomic mass is 32.1. The van der Waals surface area contributed by atoms with Crippen LogP contribution in [0.15, 0.2) is 18.5 Å². The van der Waals surface area contributed by atoms with Crippen LogP contribution in [0.25, 0.3) is 10.8 Å². The maximum absolute atomic E-state index is 12.1. The molecule has 2 heterocycles. The van der Waals surface area contributed by atoms with E-state index in [2.05, 4.69) is 20.3 Å². The van der Waals surface area contributed by atoms with Crippen molar-refractivity contribution in [3.8, 4) is 10.8 Å². The molecule has 2 aromatic heterocycles. The van der Waals surface area contributed by atoms with Crippen LogP contribution in [0.1, 0.15) is 36.1 Å². The van der Waals surface area contributed by atoms with Crippen LogP contribution < -0.4 is 5.32 Å². The molecule has 100 valence electrons. The zero-order valence-electron chi connectivity index (χ0n) is 11.4. The van der Waals surface area contributed by atoms with Crippen molar-refractivity contribution in [3.05, 3.63) is 29.0 Å². The van der Waals surface area contributed by atoms with Crippen molar-refractivity contribution in [2.24, 2.45) is 0 Å². The molecule has 5 nitrogen and oxygen atoms in total. The van der Waals surface area contributed by atoms with Crippen LogP contribution in [0.3, 0.4) is 0 Å². The second kappa shape index (κ2) is 5.05. The lowest BCUT2D eigenvalue weighted by molar-refractivity contribution is 0.0923. The minimum atomic E-state index is -0.267. The highest BCUT2D eigenvalue weighted by molar-refractivity contribution is 7.17. The van der Waals surface area contributed by atoms with Crippen molar-refractivity contribution in [2.45, 2.75) is 33.2 Å². The normalized spacial score (nSPS) is 11.4. The maximum atomic E-state index is 12.1. The van der Waals surface area contributed by atoms with E-state index >= 15 is 0 Å². The van der Waals surface area contributed by atoms with Gasteiger partial charge in [0.2, 0.25) is 0 Å². The Kier molecular flexibility index (Phi) is 3.61. The summed E-state index contributed by atoms with van der Waals surface area (Å²) in [5.41, 5.74) is 0.436. The predicted octanol–water partition coefficient (Wildman–Crippen LogP) is 2.44. The SMILES string of the molecule is Cc1nc(-c2ncccn2)sc1C(=O)NC(C)(C)C. The summed E-state index contributed by atoms with van der Waals surface area (Å²) >= 11 is 1.31. The average molecular weight is 276 g/mol. The van der Waals surface area contributed by atoms with Crippen LogP contribution in [0, 0.1) is 6.92 Å². The molecule has 1 N–H and O–H groups in total. The van der Waals surface area contributed by atoms with Gasteiger partial charge in [0.25, 0.3) is 5.91 Å². The Morgan fingerprint density at radius 1 is 1.26 bits per heavy atom. The second-order valence-corrected chi connectivity index (χ2v) is 6.21. The van der Waals surface area contributed by atoms with Gasteiger partial charge in [0.05, 0.1) is 5.69 Å². The zero-order chi connectivity index (χ0) is 14.0. The standard InChI is InChI=1S/C13H16N4OS/c1-8-9(11(18)17-13(2,3)4)19-12(16-8)10-14-6-5-7-15-10/h5-7H,1-4H3,(H,17,18). The summed E-state index contributed by atoms with van der Waals surface area (Å²) in [6, 6.07) is 1.75. The number of amides is 1. The first-order chi connectivity index (χ1) is 8.87. The van der Waals surface area contributed by atoms with Crippen LogP contribution in [0.4, 0.5) is 0 Å². The van der Waals surface area contributed by atoms with E-state index in [1.54, 1.807) is 18.5 Å². The molecule has 0 saturated carbocycles. The molecule has 0 aliphatic heterocycles. The summed E-state index contributed by atoms with van der Waals surface area (Å²) in [5.74, 6) is 0.440. The fourth-order valence-corrected chi connectivity index (χ4v) is 2.42. The van der Waals surface area contributed by atoms with E-state index in [-0.39, 0.29) is 11.4 Å². The van der Waals surface area contributed by atoms with Crippen LogP contribution >= 0.6 is 11.3 Å². The molecule has 6 heteroatoms. The van der Waals surface area contributed by atoms with Gasteiger partial charge in [-0.3, -0.25) is 4.79 Å². The minimum Gasteiger partial charge on any atom is -0.347 e. The molecule has 0 radical (unpaired) electrons. The van der Waals surface area contributed by atoms with Gasteiger partial charge in [0.1, 0.15) is 4.88 Å². The first-order valence-corrected chi connectivity index (χ1v) is 6.76. The summed E-state index contributed by atoms with van der Waals surface area (Å²) in [7, 11) is 0. The van der Waals surface area contributed by atoms with Crippen molar-refractivity contribution in [2.75, 3.05) is 0 Å². The van der Waals surface area contributed by atoms with E-state index in [4.69, 9.17) is 0 Å². The summed E-state index contributed by atoms with van der Waals surface area (Å²) < 4.78 is 0. The third-order valence-electron chi connectivity index (χ3n) is 2.25. The van der Waals surface area contributed by atoms with Crippen LogP contribution in [-0.4, -0.2) is 26.4 Å². The van der Waals surface area contributed by atoms with Crippen molar-refractivity contribution < 1.29 is 4.79 Å². The first kappa shape index (κ1) is 13.6. The van der Waals surface area contributed by atoms with Crippen LogP contribution in [0.2, 0.25) is 0 Å². The molecule has 19 heavy (non-hydrogen) atoms. The fraction of sp³-hybridized carbons (Fsp3) is 0.385. The van der Waals surface area contributed by atoms with E-state index in [0.717, 1.165) is 0 Å². The van der Waals surface area contributed by atoms with Gasteiger partial charge in [-0.25, -0.2) is 15.0 Å². The number of hydrogen-bond donors (Lipinski definition) is 1. The van der Waals surface area contributed by atoms with Gasteiger partial charge in [-0.2, -0.15) is 0 Å². The smallest absolute Gasteiger partial charge is 0.263 e. The van der Waals surface area contributed by atoms with Gasteiger partial charge < -0.3 is 5.32 Å². The van der Waals surface area contributed by atoms with E-state index in [1.165, 1.54) is 11.3 Å². The summed E-state index contributed by atoms with van der Waals surface area (Å²) in [4.78, 5) is 25.4. The minimum absolute atomic E-state index is 0.107. The van der Waals surface area contributed by atoms with Gasteiger partial charge in [0.15, 0.2) is 10.8 Å². The number of aryl methyl sites for hydroxylation is 1. The lowest BCUT2D eigenvalue weighted by Crippen LogP contribution is -2.40. The molecule has 0 bridgehead atoms. The summed E-state index contributed by atoms with van der Waals surface area (Å²) in [6.07, 6.45) is 3.32. The molecular weight excluding hydrogens is 260 g/mol. The Bertz CT molecular complexity index is 586. The molecule has 0 spiro atoms. The molecule has 0 atom stereocenters. The topological polar surface area (TPSA) is 67.8 Å². The number of nitrogens with zero attached hydrogens (tertiary/aromatic N) is 3. The monoisotopic (exact) mass is 276 g/mol. The van der Waals surface area contributed by atoms with Crippen molar-refractivity contribution >= 4 is 17.2 Å². The number of hydrogen-bond acceptors (Lipinski definition) is 5. The molecule has 2 rings (SSSR count). The van der Waals surface area contributed by atoms with E-state index in [9.17, 15) is 4.79 Å². The highest BCUT2D eigenvalue weighted by Gasteiger charge is 2.21. The molecule has 2 aromatic rings. The second-order valence-electron chi connectivity index (χ2n) is 5.21. The maximum Gasteiger partial charge on any atom is 0.263 e. The molecule has 0 saturated heterocycles. The van der Waals surface area contributed by atoms with Gasteiger partial charge in [0, 0.05) is 17.9 Å². The zero-order valence-corrected chi connectivity index (χ0v) is 12.2. The van der Waals surface area contributed by atoms with Gasteiger partial charge in [-0.05, 0) is 33.8 Å². The Morgan fingerprint density at radius 3 is 2.47 bits per heavy atom. The Hall–Kier alpha value is -1.82. The molecule has 0 aromatic carbocycles. The summed E-state index contributed by atoms with van der Waals surface area (Å²) in [6.45, 7) is 7.66. The summed E-state index contributed by atoms with van der Waals surface area (Å²) in [5, 5.41) is 3.60. The largest absolute Gasteiger partial charge is 0.347 e. The number of nitrogens with one attached hydrogen (secondary N) is 1. The van der Waals surface area contributed by atoms with Crippen LogP contribution in [-0.2, 0) is 0 Å². The Morgan fingerprint density at radius 2 is 1.89 bits per heavy atom.